The first-order valence-corrected chi connectivity index (χ1v) is 8.44. The number of rotatable bonds is 7. The van der Waals surface area contributed by atoms with Crippen LogP contribution in [-0.2, 0) is 20.9 Å². The topological polar surface area (TPSA) is 89.6 Å². The van der Waals surface area contributed by atoms with Gasteiger partial charge in [0.15, 0.2) is 5.78 Å². The molecular formula is C14H19Br2NO4. The average molecular weight is 425 g/mol. The smallest absolute Gasteiger partial charge is 0.323 e. The Kier molecular flexibility index (Phi) is 11.4. The van der Waals surface area contributed by atoms with Crippen molar-refractivity contribution in [2.75, 3.05) is 10.7 Å². The largest absolute Gasteiger partial charge is 0.480 e. The molecule has 0 amide bonds. The maximum Gasteiger partial charge on any atom is 0.323 e. The summed E-state index contributed by atoms with van der Waals surface area (Å²) in [7, 11) is 0. The van der Waals surface area contributed by atoms with Gasteiger partial charge in [0.25, 0.3) is 0 Å². The number of carboxylic acid groups (broad SMARTS) is 1. The van der Waals surface area contributed by atoms with Gasteiger partial charge in [-0.05, 0) is 12.5 Å². The molecular weight excluding hydrogens is 406 g/mol. The van der Waals surface area contributed by atoms with Crippen molar-refractivity contribution in [1.29, 1.82) is 0 Å². The van der Waals surface area contributed by atoms with Crippen molar-refractivity contribution in [3.8, 4) is 0 Å². The molecule has 0 heterocycles. The molecule has 2 atom stereocenters. The number of halogens is 2. The lowest BCUT2D eigenvalue weighted by Crippen LogP contribution is -2.41. The van der Waals surface area contributed by atoms with Gasteiger partial charge >= 0.3 is 5.97 Å². The Hall–Kier alpha value is -0.760. The van der Waals surface area contributed by atoms with Gasteiger partial charge in [-0.15, -0.1) is 0 Å². The standard InChI is InChI=1S/C11H15NO3.C3H4Br2O/c1-8(10(12)11(13)14)15-7-9-5-3-2-4-6-9;4-1-3(6)2-5/h2-6,8,10H,7,12H2,1H3,(H,13,14);1-2H2/t8?,10-;/m0./s1. The van der Waals surface area contributed by atoms with Crippen LogP contribution in [0.1, 0.15) is 12.5 Å². The van der Waals surface area contributed by atoms with Gasteiger partial charge in [-0.3, -0.25) is 9.59 Å². The van der Waals surface area contributed by atoms with Gasteiger partial charge in [0.1, 0.15) is 6.04 Å². The highest BCUT2D eigenvalue weighted by Crippen LogP contribution is 2.05. The van der Waals surface area contributed by atoms with Crippen LogP contribution >= 0.6 is 31.9 Å². The van der Waals surface area contributed by atoms with E-state index in [9.17, 15) is 9.59 Å². The molecule has 21 heavy (non-hydrogen) atoms. The predicted molar refractivity (Wildman–Crippen MR) is 88.9 cm³/mol. The van der Waals surface area contributed by atoms with E-state index in [-0.39, 0.29) is 5.78 Å². The highest BCUT2D eigenvalue weighted by atomic mass is 79.9. The normalized spacial score (nSPS) is 12.8. The molecule has 0 spiro atoms. The zero-order valence-electron chi connectivity index (χ0n) is 11.7. The molecule has 7 heteroatoms. The Labute approximate surface area is 141 Å². The molecule has 5 nitrogen and oxygen atoms in total. The van der Waals surface area contributed by atoms with Crippen LogP contribution in [0.2, 0.25) is 0 Å². The molecule has 1 unspecified atom stereocenters. The Morgan fingerprint density at radius 1 is 1.24 bits per heavy atom. The van der Waals surface area contributed by atoms with Crippen LogP contribution in [0.4, 0.5) is 0 Å². The summed E-state index contributed by atoms with van der Waals surface area (Å²) in [5, 5.41) is 9.56. The summed E-state index contributed by atoms with van der Waals surface area (Å²) in [6, 6.07) is 8.57. The zero-order valence-corrected chi connectivity index (χ0v) is 14.8. The van der Waals surface area contributed by atoms with E-state index in [0.29, 0.717) is 17.3 Å². The number of carbonyl (C=O) groups excluding carboxylic acids is 1. The van der Waals surface area contributed by atoms with E-state index in [4.69, 9.17) is 15.6 Å². The maximum atomic E-state index is 10.5. The fourth-order valence-electron chi connectivity index (χ4n) is 1.14. The summed E-state index contributed by atoms with van der Waals surface area (Å²) in [6.07, 6.45) is -0.497. The minimum atomic E-state index is -1.05. The molecule has 0 saturated heterocycles. The predicted octanol–water partition coefficient (Wildman–Crippen LogP) is 2.35. The number of nitrogens with two attached hydrogens (primary N) is 1. The molecule has 0 aliphatic rings. The number of alkyl halides is 2. The lowest BCUT2D eigenvalue weighted by atomic mass is 10.2. The lowest BCUT2D eigenvalue weighted by Gasteiger charge is -2.16. The van der Waals surface area contributed by atoms with Gasteiger partial charge in [0, 0.05) is 0 Å². The third-order valence-electron chi connectivity index (χ3n) is 2.44. The van der Waals surface area contributed by atoms with Crippen LogP contribution in [-0.4, -0.2) is 39.7 Å². The zero-order chi connectivity index (χ0) is 16.3. The molecule has 1 aromatic rings. The van der Waals surface area contributed by atoms with E-state index >= 15 is 0 Å². The average Bonchev–Trinajstić information content (AvgIpc) is 2.52. The Balaban J connectivity index is 0.000000567. The molecule has 0 aliphatic carbocycles. The molecule has 0 aromatic heterocycles. The molecule has 3 N–H and O–H groups in total. The fraction of sp³-hybridized carbons (Fsp3) is 0.429. The second-order valence-electron chi connectivity index (χ2n) is 4.17. The number of hydrogen-bond donors (Lipinski definition) is 2. The van der Waals surface area contributed by atoms with E-state index in [1.165, 1.54) is 0 Å². The Morgan fingerprint density at radius 2 is 1.76 bits per heavy atom. The summed E-state index contributed by atoms with van der Waals surface area (Å²) in [6.45, 7) is 2.03. The third kappa shape index (κ3) is 9.73. The summed E-state index contributed by atoms with van der Waals surface area (Å²) in [5.74, 6) is -0.870. The van der Waals surface area contributed by atoms with E-state index in [0.717, 1.165) is 5.56 Å². The number of carbonyl (C=O) groups is 2. The maximum absolute atomic E-state index is 10.5. The number of hydrogen-bond acceptors (Lipinski definition) is 4. The SMILES string of the molecule is CC(OCc1ccccc1)[C@H](N)C(=O)O.O=C(CBr)CBr. The van der Waals surface area contributed by atoms with Crippen molar-refractivity contribution < 1.29 is 19.4 Å². The minimum absolute atomic E-state index is 0.176. The van der Waals surface area contributed by atoms with Crippen molar-refractivity contribution in [3.05, 3.63) is 35.9 Å². The number of carboxylic acids is 1. The first kappa shape index (κ1) is 20.2. The first-order chi connectivity index (χ1) is 9.92. The summed E-state index contributed by atoms with van der Waals surface area (Å²) in [5.41, 5.74) is 6.40. The number of Topliss-reactive ketones (excluding diaryl/α,β-unsaturated/α-hetero) is 1. The van der Waals surface area contributed by atoms with Crippen LogP contribution in [0.15, 0.2) is 30.3 Å². The Bertz CT molecular complexity index is 422. The summed E-state index contributed by atoms with van der Waals surface area (Å²) < 4.78 is 5.35. The summed E-state index contributed by atoms with van der Waals surface area (Å²) in [4.78, 5) is 20.6. The molecule has 118 valence electrons. The Morgan fingerprint density at radius 3 is 2.14 bits per heavy atom. The van der Waals surface area contributed by atoms with Crippen molar-refractivity contribution in [2.24, 2.45) is 5.73 Å². The number of ketones is 1. The molecule has 0 radical (unpaired) electrons. The van der Waals surface area contributed by atoms with E-state index in [1.54, 1.807) is 6.92 Å². The van der Waals surface area contributed by atoms with Crippen molar-refractivity contribution in [1.82, 2.24) is 0 Å². The quantitative estimate of drug-likeness (QED) is 0.655. The van der Waals surface area contributed by atoms with Crippen LogP contribution in [0.25, 0.3) is 0 Å². The third-order valence-corrected chi connectivity index (χ3v) is 3.70. The molecule has 0 aliphatic heterocycles. The lowest BCUT2D eigenvalue weighted by molar-refractivity contribution is -0.142. The van der Waals surface area contributed by atoms with E-state index in [1.807, 2.05) is 30.3 Å². The van der Waals surface area contributed by atoms with E-state index in [2.05, 4.69) is 31.9 Å². The fourth-order valence-corrected chi connectivity index (χ4v) is 2.07. The van der Waals surface area contributed by atoms with Gasteiger partial charge in [0.2, 0.25) is 0 Å². The van der Waals surface area contributed by atoms with E-state index < -0.39 is 18.1 Å². The highest BCUT2D eigenvalue weighted by Gasteiger charge is 2.20. The monoisotopic (exact) mass is 423 g/mol. The number of ether oxygens (including phenoxy) is 1. The molecule has 0 fully saturated rings. The van der Waals surface area contributed by atoms with Crippen LogP contribution in [0.3, 0.4) is 0 Å². The van der Waals surface area contributed by atoms with Crippen molar-refractivity contribution in [3.63, 3.8) is 0 Å². The van der Waals surface area contributed by atoms with Gasteiger partial charge in [-0.2, -0.15) is 0 Å². The molecule has 0 saturated carbocycles. The first-order valence-electron chi connectivity index (χ1n) is 6.19. The summed E-state index contributed by atoms with van der Waals surface area (Å²) >= 11 is 5.99. The molecule has 1 aromatic carbocycles. The highest BCUT2D eigenvalue weighted by molar-refractivity contribution is 9.10. The van der Waals surface area contributed by atoms with Gasteiger partial charge in [0.05, 0.1) is 23.4 Å². The van der Waals surface area contributed by atoms with Crippen molar-refractivity contribution in [2.45, 2.75) is 25.7 Å². The van der Waals surface area contributed by atoms with Crippen molar-refractivity contribution >= 4 is 43.6 Å². The number of aliphatic carboxylic acids is 1. The second-order valence-corrected chi connectivity index (χ2v) is 5.29. The van der Waals surface area contributed by atoms with Crippen LogP contribution in [0, 0.1) is 0 Å². The van der Waals surface area contributed by atoms with Gasteiger partial charge in [-0.1, -0.05) is 62.2 Å². The molecule has 0 bridgehead atoms. The number of benzene rings is 1. The second kappa shape index (κ2) is 11.9. The van der Waals surface area contributed by atoms with Gasteiger partial charge in [-0.25, -0.2) is 0 Å². The van der Waals surface area contributed by atoms with Crippen LogP contribution < -0.4 is 5.73 Å². The van der Waals surface area contributed by atoms with Crippen LogP contribution in [0.5, 0.6) is 0 Å². The minimum Gasteiger partial charge on any atom is -0.480 e. The molecule has 1 rings (SSSR count). The van der Waals surface area contributed by atoms with Gasteiger partial charge < -0.3 is 15.6 Å².